The first-order chi connectivity index (χ1) is 8.83. The highest BCUT2D eigenvalue weighted by molar-refractivity contribution is 7.10. The van der Waals surface area contributed by atoms with Crippen LogP contribution >= 0.6 is 22.7 Å². The van der Waals surface area contributed by atoms with Crippen LogP contribution in [0.15, 0.2) is 22.9 Å². The predicted octanol–water partition coefficient (Wildman–Crippen LogP) is 4.40. The largest absolute Gasteiger partial charge is 0.304 e. The van der Waals surface area contributed by atoms with Crippen molar-refractivity contribution >= 4 is 22.7 Å². The van der Waals surface area contributed by atoms with Gasteiger partial charge in [-0.15, -0.1) is 22.7 Å². The molecule has 0 amide bonds. The maximum Gasteiger partial charge on any atom is 0.0926 e. The molecule has 2 aromatic rings. The van der Waals surface area contributed by atoms with Crippen molar-refractivity contribution in [1.29, 1.82) is 0 Å². The van der Waals surface area contributed by atoms with Crippen molar-refractivity contribution in [3.05, 3.63) is 38.5 Å². The molecule has 1 N–H and O–H groups in total. The fraction of sp³-hybridized carbons (Fsp3) is 0.500. The second-order valence-corrected chi connectivity index (χ2v) is 6.25. The summed E-state index contributed by atoms with van der Waals surface area (Å²) in [6, 6.07) is 4.82. The van der Waals surface area contributed by atoms with Gasteiger partial charge in [-0.1, -0.05) is 26.3 Å². The Hall–Kier alpha value is -0.710. The third-order valence-electron chi connectivity index (χ3n) is 2.90. The van der Waals surface area contributed by atoms with Gasteiger partial charge in [-0.3, -0.25) is 0 Å². The molecule has 1 unspecified atom stereocenters. The summed E-state index contributed by atoms with van der Waals surface area (Å²) in [5, 5.41) is 9.18. The molecule has 0 fully saturated rings. The quantitative estimate of drug-likeness (QED) is 0.813. The van der Waals surface area contributed by atoms with Gasteiger partial charge in [-0.25, -0.2) is 4.98 Å². The Bertz CT molecular complexity index is 448. The highest BCUT2D eigenvalue weighted by Gasteiger charge is 2.11. The van der Waals surface area contributed by atoms with Crippen LogP contribution in [-0.2, 0) is 13.0 Å². The van der Waals surface area contributed by atoms with Crippen molar-refractivity contribution in [2.45, 2.75) is 45.7 Å². The smallest absolute Gasteiger partial charge is 0.0926 e. The van der Waals surface area contributed by atoms with Crippen LogP contribution in [0.25, 0.3) is 0 Å². The lowest BCUT2D eigenvalue weighted by Gasteiger charge is -2.15. The molecule has 0 aromatic carbocycles. The second kappa shape index (κ2) is 7.02. The van der Waals surface area contributed by atoms with Crippen molar-refractivity contribution in [3.8, 4) is 0 Å². The van der Waals surface area contributed by atoms with Gasteiger partial charge in [0.05, 0.1) is 10.7 Å². The van der Waals surface area contributed by atoms with Gasteiger partial charge in [0, 0.05) is 22.8 Å². The predicted molar refractivity (Wildman–Crippen MR) is 80.3 cm³/mol. The first-order valence-corrected chi connectivity index (χ1v) is 8.29. The summed E-state index contributed by atoms with van der Waals surface area (Å²) in [7, 11) is 0. The van der Waals surface area contributed by atoms with Crippen LogP contribution < -0.4 is 5.32 Å². The van der Waals surface area contributed by atoms with Gasteiger partial charge < -0.3 is 5.32 Å². The Morgan fingerprint density at radius 2 is 2.22 bits per heavy atom. The molecule has 0 bridgehead atoms. The van der Waals surface area contributed by atoms with Gasteiger partial charge >= 0.3 is 0 Å². The Balaban J connectivity index is 1.93. The van der Waals surface area contributed by atoms with Gasteiger partial charge in [-0.2, -0.15) is 0 Å². The number of thiophene rings is 1. The summed E-state index contributed by atoms with van der Waals surface area (Å²) >= 11 is 3.60. The number of hydrogen-bond acceptors (Lipinski definition) is 4. The molecule has 0 radical (unpaired) electrons. The minimum atomic E-state index is 0.474. The number of rotatable bonds is 7. The van der Waals surface area contributed by atoms with Gasteiger partial charge in [0.2, 0.25) is 0 Å². The molecule has 2 nitrogen and oxygen atoms in total. The molecule has 0 aliphatic rings. The number of aromatic nitrogens is 1. The summed E-state index contributed by atoms with van der Waals surface area (Å²) in [6.45, 7) is 5.26. The highest BCUT2D eigenvalue weighted by Crippen LogP contribution is 2.23. The third kappa shape index (κ3) is 3.64. The topological polar surface area (TPSA) is 24.9 Å². The molecule has 18 heavy (non-hydrogen) atoms. The lowest BCUT2D eigenvalue weighted by atomic mass is 10.1. The van der Waals surface area contributed by atoms with E-state index in [0.717, 1.165) is 13.0 Å². The molecule has 2 heterocycles. The zero-order valence-electron chi connectivity index (χ0n) is 11.0. The number of nitrogens with zero attached hydrogens (tertiary/aromatic N) is 1. The lowest BCUT2D eigenvalue weighted by Crippen LogP contribution is -2.20. The fourth-order valence-corrected chi connectivity index (χ4v) is 3.52. The molecular formula is C14H20N2S2. The number of aryl methyl sites for hydroxylation is 1. The summed E-state index contributed by atoms with van der Waals surface area (Å²) in [5.74, 6) is 0. The number of hydrogen-bond donors (Lipinski definition) is 1. The van der Waals surface area contributed by atoms with Crippen LogP contribution in [0.2, 0.25) is 0 Å². The molecular weight excluding hydrogens is 260 g/mol. The average Bonchev–Trinajstić information content (AvgIpc) is 3.05. The van der Waals surface area contributed by atoms with Crippen molar-refractivity contribution in [1.82, 2.24) is 10.3 Å². The van der Waals surface area contributed by atoms with E-state index in [-0.39, 0.29) is 0 Å². The molecule has 4 heteroatoms. The van der Waals surface area contributed by atoms with Crippen molar-refractivity contribution in [2.24, 2.45) is 0 Å². The fourth-order valence-electron chi connectivity index (χ4n) is 1.94. The molecule has 0 saturated heterocycles. The monoisotopic (exact) mass is 280 g/mol. The van der Waals surface area contributed by atoms with Crippen LogP contribution in [0.4, 0.5) is 0 Å². The van der Waals surface area contributed by atoms with Crippen molar-refractivity contribution in [3.63, 3.8) is 0 Å². The minimum Gasteiger partial charge on any atom is -0.304 e. The van der Waals surface area contributed by atoms with Crippen LogP contribution in [-0.4, -0.2) is 4.98 Å². The number of thiazole rings is 1. The van der Waals surface area contributed by atoms with Crippen molar-refractivity contribution < 1.29 is 0 Å². The second-order valence-electron chi connectivity index (χ2n) is 4.32. The number of nitrogens with one attached hydrogen (secondary N) is 1. The van der Waals surface area contributed by atoms with E-state index in [9.17, 15) is 0 Å². The van der Waals surface area contributed by atoms with E-state index in [4.69, 9.17) is 0 Å². The normalized spacial score (nSPS) is 12.8. The molecule has 2 aromatic heterocycles. The Morgan fingerprint density at radius 3 is 2.83 bits per heavy atom. The summed E-state index contributed by atoms with van der Waals surface area (Å²) in [5.41, 5.74) is 1.18. The molecule has 0 saturated carbocycles. The maximum atomic E-state index is 4.60. The average molecular weight is 280 g/mol. The minimum absolute atomic E-state index is 0.474. The first kappa shape index (κ1) is 13.7. The van der Waals surface area contributed by atoms with E-state index in [1.807, 2.05) is 11.3 Å². The summed E-state index contributed by atoms with van der Waals surface area (Å²) in [4.78, 5) is 6.03. The summed E-state index contributed by atoms with van der Waals surface area (Å²) < 4.78 is 0. The first-order valence-electron chi connectivity index (χ1n) is 6.53. The third-order valence-corrected chi connectivity index (χ3v) is 4.92. The molecule has 0 aliphatic carbocycles. The zero-order chi connectivity index (χ0) is 12.8. The maximum absolute atomic E-state index is 4.60. The van der Waals surface area contributed by atoms with E-state index in [2.05, 4.69) is 47.0 Å². The molecule has 98 valence electrons. The van der Waals surface area contributed by atoms with Crippen LogP contribution in [0.3, 0.4) is 0 Å². The SMILES string of the molecule is CCCC(NCc1csc(CC)n1)c1cccs1. The van der Waals surface area contributed by atoms with Crippen LogP contribution in [0, 0.1) is 0 Å². The Kier molecular flexibility index (Phi) is 5.35. The van der Waals surface area contributed by atoms with Gasteiger partial charge in [-0.05, 0) is 24.3 Å². The van der Waals surface area contributed by atoms with E-state index < -0.39 is 0 Å². The van der Waals surface area contributed by atoms with Crippen LogP contribution in [0.5, 0.6) is 0 Å². The highest BCUT2D eigenvalue weighted by atomic mass is 32.1. The standard InChI is InChI=1S/C14H20N2S2/c1-3-6-12(13-7-5-8-17-13)15-9-11-10-18-14(4-2)16-11/h5,7-8,10,12,15H,3-4,6,9H2,1-2H3. The molecule has 1 atom stereocenters. The van der Waals surface area contributed by atoms with Gasteiger partial charge in [0.1, 0.15) is 0 Å². The zero-order valence-corrected chi connectivity index (χ0v) is 12.6. The van der Waals surface area contributed by atoms with Crippen molar-refractivity contribution in [2.75, 3.05) is 0 Å². The molecule has 0 aliphatic heterocycles. The van der Waals surface area contributed by atoms with E-state index in [0.29, 0.717) is 6.04 Å². The van der Waals surface area contributed by atoms with Crippen LogP contribution in [0.1, 0.15) is 48.3 Å². The Labute approximate surface area is 117 Å². The summed E-state index contributed by atoms with van der Waals surface area (Å²) in [6.07, 6.45) is 3.42. The Morgan fingerprint density at radius 1 is 1.33 bits per heavy atom. The molecule has 2 rings (SSSR count). The van der Waals surface area contributed by atoms with E-state index in [1.165, 1.54) is 28.4 Å². The van der Waals surface area contributed by atoms with E-state index in [1.54, 1.807) is 11.3 Å². The van der Waals surface area contributed by atoms with E-state index >= 15 is 0 Å². The van der Waals surface area contributed by atoms with Gasteiger partial charge in [0.25, 0.3) is 0 Å². The lowest BCUT2D eigenvalue weighted by molar-refractivity contribution is 0.497. The van der Waals surface area contributed by atoms with Gasteiger partial charge in [0.15, 0.2) is 0 Å². The molecule has 0 spiro atoms.